The molecule has 5 aromatic rings. The van der Waals surface area contributed by atoms with Crippen molar-refractivity contribution in [3.8, 4) is 33.9 Å². The Labute approximate surface area is 196 Å². The second kappa shape index (κ2) is 9.50. The first-order chi connectivity index (χ1) is 16.7. The number of nitrogens with zero attached hydrogens (tertiary/aromatic N) is 3. The lowest BCUT2D eigenvalue weighted by Gasteiger charge is -2.13. The lowest BCUT2D eigenvalue weighted by Crippen LogP contribution is -1.97. The molecule has 0 radical (unpaired) electrons. The highest BCUT2D eigenvalue weighted by Gasteiger charge is 2.13. The standard InChI is InChI=1S/C28H21FN4O/c1-2-11-31-23-7-5-6-20(14-23)24-15-21(13-22-17-30-18-33-28(22)24)19-9-10-26(25(29)16-19)34-27-8-3-4-12-32-27/h2-10,12-18,31H,1,11H2. The highest BCUT2D eigenvalue weighted by molar-refractivity contribution is 5.97. The quantitative estimate of drug-likeness (QED) is 0.275. The van der Waals surface area contributed by atoms with Crippen LogP contribution in [-0.4, -0.2) is 21.5 Å². The molecule has 0 saturated heterocycles. The Morgan fingerprint density at radius 2 is 1.85 bits per heavy atom. The van der Waals surface area contributed by atoms with Crippen molar-refractivity contribution in [2.75, 3.05) is 11.9 Å². The molecule has 2 aromatic heterocycles. The van der Waals surface area contributed by atoms with Gasteiger partial charge in [0.1, 0.15) is 6.33 Å². The van der Waals surface area contributed by atoms with Crippen LogP contribution in [0.25, 0.3) is 33.2 Å². The first-order valence-electron chi connectivity index (χ1n) is 10.8. The van der Waals surface area contributed by atoms with E-state index in [1.807, 2.05) is 42.5 Å². The third-order valence-electron chi connectivity index (χ3n) is 5.35. The maximum atomic E-state index is 14.9. The summed E-state index contributed by atoms with van der Waals surface area (Å²) in [5.41, 5.74) is 5.31. The van der Waals surface area contributed by atoms with E-state index in [4.69, 9.17) is 4.74 Å². The zero-order valence-corrected chi connectivity index (χ0v) is 18.3. The van der Waals surface area contributed by atoms with Gasteiger partial charge >= 0.3 is 0 Å². The van der Waals surface area contributed by atoms with Crippen molar-refractivity contribution in [2.24, 2.45) is 0 Å². The minimum Gasteiger partial charge on any atom is -0.436 e. The molecule has 5 nitrogen and oxygen atoms in total. The summed E-state index contributed by atoms with van der Waals surface area (Å²) in [6.07, 6.45) is 6.71. The van der Waals surface area contributed by atoms with Crippen LogP contribution in [0.15, 0.2) is 104 Å². The number of ether oxygens (including phenoxy) is 1. The van der Waals surface area contributed by atoms with Crippen molar-refractivity contribution < 1.29 is 9.13 Å². The molecule has 0 aliphatic carbocycles. The second-order valence-electron chi connectivity index (χ2n) is 7.65. The average molecular weight is 449 g/mol. The zero-order valence-electron chi connectivity index (χ0n) is 18.3. The summed E-state index contributed by atoms with van der Waals surface area (Å²) >= 11 is 0. The number of nitrogens with one attached hydrogen (secondary N) is 1. The number of hydrogen-bond acceptors (Lipinski definition) is 5. The highest BCUT2D eigenvalue weighted by Crippen LogP contribution is 2.35. The monoisotopic (exact) mass is 448 g/mol. The first kappa shape index (κ1) is 21.3. The number of hydrogen-bond donors (Lipinski definition) is 1. The summed E-state index contributed by atoms with van der Waals surface area (Å²) in [6, 6.07) is 22.2. The van der Waals surface area contributed by atoms with Crippen LogP contribution >= 0.6 is 0 Å². The van der Waals surface area contributed by atoms with E-state index in [1.165, 1.54) is 12.4 Å². The second-order valence-corrected chi connectivity index (χ2v) is 7.65. The van der Waals surface area contributed by atoms with Crippen molar-refractivity contribution in [3.05, 3.63) is 110 Å². The van der Waals surface area contributed by atoms with Crippen molar-refractivity contribution in [1.29, 1.82) is 0 Å². The van der Waals surface area contributed by atoms with Gasteiger partial charge in [-0.3, -0.25) is 0 Å². The van der Waals surface area contributed by atoms with Gasteiger partial charge in [0.05, 0.1) is 5.52 Å². The Hall–Kier alpha value is -4.58. The van der Waals surface area contributed by atoms with Crippen LogP contribution in [0.3, 0.4) is 0 Å². The van der Waals surface area contributed by atoms with E-state index in [2.05, 4.69) is 32.9 Å². The third kappa shape index (κ3) is 4.47. The molecule has 0 fully saturated rings. The topological polar surface area (TPSA) is 59.9 Å². The Morgan fingerprint density at radius 3 is 2.68 bits per heavy atom. The van der Waals surface area contributed by atoms with Crippen LogP contribution in [0.5, 0.6) is 11.6 Å². The van der Waals surface area contributed by atoms with E-state index in [9.17, 15) is 4.39 Å². The Morgan fingerprint density at radius 1 is 0.912 bits per heavy atom. The van der Waals surface area contributed by atoms with E-state index in [-0.39, 0.29) is 5.75 Å². The molecule has 0 aliphatic rings. The van der Waals surface area contributed by atoms with E-state index in [0.29, 0.717) is 12.4 Å². The van der Waals surface area contributed by atoms with Gasteiger partial charge in [-0.05, 0) is 59.2 Å². The molecule has 1 N–H and O–H groups in total. The lowest BCUT2D eigenvalue weighted by molar-refractivity contribution is 0.428. The summed E-state index contributed by atoms with van der Waals surface area (Å²) < 4.78 is 20.5. The molecule has 0 aliphatic heterocycles. The molecule has 6 heteroatoms. The van der Waals surface area contributed by atoms with Gasteiger partial charge in [-0.25, -0.2) is 19.3 Å². The van der Waals surface area contributed by atoms with Crippen molar-refractivity contribution >= 4 is 16.6 Å². The number of rotatable bonds is 7. The predicted molar refractivity (Wildman–Crippen MR) is 133 cm³/mol. The maximum absolute atomic E-state index is 14.9. The molecule has 5 rings (SSSR count). The van der Waals surface area contributed by atoms with Crippen LogP contribution in [0.1, 0.15) is 0 Å². The fraction of sp³-hybridized carbons (Fsp3) is 0.0357. The van der Waals surface area contributed by atoms with Crippen molar-refractivity contribution in [3.63, 3.8) is 0 Å². The average Bonchev–Trinajstić information content (AvgIpc) is 2.89. The molecular formula is C28H21FN4O. The number of benzene rings is 3. The molecule has 0 amide bonds. The number of halogens is 1. The molecule has 0 unspecified atom stereocenters. The predicted octanol–water partition coefficient (Wildman–Crippen LogP) is 6.89. The summed E-state index contributed by atoms with van der Waals surface area (Å²) in [7, 11) is 0. The summed E-state index contributed by atoms with van der Waals surface area (Å²) in [6.45, 7) is 4.42. The smallest absolute Gasteiger partial charge is 0.219 e. The zero-order chi connectivity index (χ0) is 23.3. The van der Waals surface area contributed by atoms with Gasteiger partial charge < -0.3 is 10.1 Å². The van der Waals surface area contributed by atoms with Crippen LogP contribution < -0.4 is 10.1 Å². The van der Waals surface area contributed by atoms with E-state index in [1.54, 1.807) is 36.7 Å². The molecule has 34 heavy (non-hydrogen) atoms. The fourth-order valence-electron chi connectivity index (χ4n) is 3.76. The van der Waals surface area contributed by atoms with Crippen molar-refractivity contribution in [2.45, 2.75) is 0 Å². The van der Waals surface area contributed by atoms with Crippen molar-refractivity contribution in [1.82, 2.24) is 15.0 Å². The molecule has 0 saturated carbocycles. The normalized spacial score (nSPS) is 10.7. The maximum Gasteiger partial charge on any atom is 0.219 e. The van der Waals surface area contributed by atoms with E-state index < -0.39 is 5.82 Å². The first-order valence-corrected chi connectivity index (χ1v) is 10.8. The summed E-state index contributed by atoms with van der Waals surface area (Å²) in [5.74, 6) is -0.0123. The SMILES string of the molecule is C=CCNc1cccc(-c2cc(-c3ccc(Oc4ccccn4)c(F)c3)cc3cncnc23)c1. The minimum absolute atomic E-state index is 0.118. The lowest BCUT2D eigenvalue weighted by atomic mass is 9.95. The Balaban J connectivity index is 1.56. The van der Waals surface area contributed by atoms with Crippen LogP contribution in [0.4, 0.5) is 10.1 Å². The van der Waals surface area contributed by atoms with Crippen LogP contribution in [0.2, 0.25) is 0 Å². The van der Waals surface area contributed by atoms with E-state index in [0.717, 1.165) is 38.8 Å². The third-order valence-corrected chi connectivity index (χ3v) is 5.35. The number of fused-ring (bicyclic) bond motifs is 1. The molecule has 166 valence electrons. The molecule has 0 bridgehead atoms. The van der Waals surface area contributed by atoms with Gasteiger partial charge in [0.2, 0.25) is 5.88 Å². The van der Waals surface area contributed by atoms with Gasteiger partial charge in [0.15, 0.2) is 11.6 Å². The number of aromatic nitrogens is 3. The van der Waals surface area contributed by atoms with Crippen LogP contribution in [0, 0.1) is 5.82 Å². The molecule has 0 atom stereocenters. The van der Waals surface area contributed by atoms with Gasteiger partial charge in [0, 0.05) is 41.6 Å². The number of pyridine rings is 1. The molecule has 0 spiro atoms. The largest absolute Gasteiger partial charge is 0.436 e. The molecule has 2 heterocycles. The molecular weight excluding hydrogens is 427 g/mol. The summed E-state index contributed by atoms with van der Waals surface area (Å²) in [4.78, 5) is 12.8. The number of anilines is 1. The fourth-order valence-corrected chi connectivity index (χ4v) is 3.76. The van der Waals surface area contributed by atoms with E-state index >= 15 is 0 Å². The Kier molecular flexibility index (Phi) is 5.95. The molecule has 3 aromatic carbocycles. The highest BCUT2D eigenvalue weighted by atomic mass is 19.1. The van der Waals surface area contributed by atoms with Gasteiger partial charge in [0.25, 0.3) is 0 Å². The van der Waals surface area contributed by atoms with Gasteiger partial charge in [-0.1, -0.05) is 30.3 Å². The van der Waals surface area contributed by atoms with Gasteiger partial charge in [-0.15, -0.1) is 6.58 Å². The summed E-state index contributed by atoms with van der Waals surface area (Å²) in [5, 5.41) is 4.18. The Bertz CT molecular complexity index is 1470. The van der Waals surface area contributed by atoms with Crippen LogP contribution in [-0.2, 0) is 0 Å². The minimum atomic E-state index is -0.468. The van der Waals surface area contributed by atoms with Gasteiger partial charge in [-0.2, -0.15) is 0 Å².